The number of rotatable bonds is 3. The molecule has 0 N–H and O–H groups in total. The van der Waals surface area contributed by atoms with Crippen molar-refractivity contribution in [3.63, 3.8) is 0 Å². The molecule has 0 radical (unpaired) electrons. The van der Waals surface area contributed by atoms with Gasteiger partial charge in [0.15, 0.2) is 0 Å². The fourth-order valence-electron chi connectivity index (χ4n) is 5.09. The van der Waals surface area contributed by atoms with Crippen molar-refractivity contribution in [2.24, 2.45) is 22.7 Å². The smallest absolute Gasteiger partial charge is 0.0146 e. The van der Waals surface area contributed by atoms with Crippen molar-refractivity contribution < 1.29 is 0 Å². The summed E-state index contributed by atoms with van der Waals surface area (Å²) in [7, 11) is 0. The highest BCUT2D eigenvalue weighted by atomic mass is 14.6. The Morgan fingerprint density at radius 2 is 2.00 bits per heavy atom. The van der Waals surface area contributed by atoms with Crippen LogP contribution in [-0.2, 0) is 0 Å². The predicted octanol–water partition coefficient (Wildman–Crippen LogP) is 5.75. The standard InChI is InChI=1S/C18H30/c1-6-7-9-15-14(2)10-11-16-17(3,4)12-8-13-18(15,16)5/h6,15-16H,1-2,7-13H2,3-5H3/t15-,16-,18+/m0/s1. The van der Waals surface area contributed by atoms with E-state index in [9.17, 15) is 0 Å². The molecule has 0 aromatic rings. The fourth-order valence-corrected chi connectivity index (χ4v) is 5.09. The van der Waals surface area contributed by atoms with Crippen LogP contribution in [0.25, 0.3) is 0 Å². The van der Waals surface area contributed by atoms with Crippen LogP contribution < -0.4 is 0 Å². The number of allylic oxidation sites excluding steroid dienone is 2. The third-order valence-electron chi connectivity index (χ3n) is 5.98. The van der Waals surface area contributed by atoms with Crippen LogP contribution in [0.3, 0.4) is 0 Å². The first-order valence-electron chi connectivity index (χ1n) is 7.70. The lowest BCUT2D eigenvalue weighted by atomic mass is 9.47. The van der Waals surface area contributed by atoms with Gasteiger partial charge in [0.1, 0.15) is 0 Å². The highest BCUT2D eigenvalue weighted by molar-refractivity contribution is 5.15. The summed E-state index contributed by atoms with van der Waals surface area (Å²) in [4.78, 5) is 0. The summed E-state index contributed by atoms with van der Waals surface area (Å²) in [6.07, 6.45) is 11.3. The van der Waals surface area contributed by atoms with Gasteiger partial charge < -0.3 is 0 Å². The van der Waals surface area contributed by atoms with Crippen molar-refractivity contribution in [3.8, 4) is 0 Å². The van der Waals surface area contributed by atoms with Crippen molar-refractivity contribution in [2.75, 3.05) is 0 Å². The van der Waals surface area contributed by atoms with Crippen LogP contribution in [0.2, 0.25) is 0 Å². The monoisotopic (exact) mass is 246 g/mol. The molecule has 2 fully saturated rings. The van der Waals surface area contributed by atoms with Gasteiger partial charge in [-0.15, -0.1) is 6.58 Å². The highest BCUT2D eigenvalue weighted by Crippen LogP contribution is 2.61. The van der Waals surface area contributed by atoms with Gasteiger partial charge >= 0.3 is 0 Å². The second-order valence-corrected chi connectivity index (χ2v) is 7.52. The molecule has 0 spiro atoms. The fraction of sp³-hybridized carbons (Fsp3) is 0.778. The number of fused-ring (bicyclic) bond motifs is 1. The lowest BCUT2D eigenvalue weighted by molar-refractivity contribution is -0.0537. The van der Waals surface area contributed by atoms with Crippen LogP contribution >= 0.6 is 0 Å². The van der Waals surface area contributed by atoms with E-state index in [-0.39, 0.29) is 0 Å². The van der Waals surface area contributed by atoms with Gasteiger partial charge in [-0.05, 0) is 61.2 Å². The maximum atomic E-state index is 4.40. The molecule has 0 amide bonds. The summed E-state index contributed by atoms with van der Waals surface area (Å²) in [6.45, 7) is 15.8. The van der Waals surface area contributed by atoms with Gasteiger partial charge in [-0.25, -0.2) is 0 Å². The summed E-state index contributed by atoms with van der Waals surface area (Å²) in [5.74, 6) is 1.62. The Labute approximate surface area is 114 Å². The summed E-state index contributed by atoms with van der Waals surface area (Å²) in [6, 6.07) is 0. The zero-order chi connectivity index (χ0) is 13.4. The van der Waals surface area contributed by atoms with Gasteiger partial charge in [0.2, 0.25) is 0 Å². The Hall–Kier alpha value is -0.520. The number of hydrogen-bond donors (Lipinski definition) is 0. The predicted molar refractivity (Wildman–Crippen MR) is 80.5 cm³/mol. The van der Waals surface area contributed by atoms with Gasteiger partial charge in [-0.3, -0.25) is 0 Å². The molecule has 0 saturated heterocycles. The second kappa shape index (κ2) is 4.87. The molecule has 2 saturated carbocycles. The van der Waals surface area contributed by atoms with Crippen molar-refractivity contribution in [1.29, 1.82) is 0 Å². The van der Waals surface area contributed by atoms with Crippen LogP contribution in [-0.4, -0.2) is 0 Å². The van der Waals surface area contributed by atoms with Crippen LogP contribution in [0.4, 0.5) is 0 Å². The van der Waals surface area contributed by atoms with Crippen LogP contribution in [0, 0.1) is 22.7 Å². The van der Waals surface area contributed by atoms with Gasteiger partial charge in [-0.1, -0.05) is 45.4 Å². The van der Waals surface area contributed by atoms with E-state index >= 15 is 0 Å². The average molecular weight is 246 g/mol. The molecule has 2 aliphatic carbocycles. The Morgan fingerprint density at radius 3 is 2.67 bits per heavy atom. The molecule has 0 nitrogen and oxygen atoms in total. The highest BCUT2D eigenvalue weighted by Gasteiger charge is 2.52. The molecule has 2 aliphatic rings. The maximum Gasteiger partial charge on any atom is -0.0146 e. The van der Waals surface area contributed by atoms with E-state index in [0.29, 0.717) is 10.8 Å². The van der Waals surface area contributed by atoms with E-state index in [2.05, 4.69) is 40.0 Å². The molecule has 0 aromatic heterocycles. The minimum Gasteiger partial charge on any atom is -0.103 e. The molecule has 0 bridgehead atoms. The van der Waals surface area contributed by atoms with Crippen molar-refractivity contribution in [2.45, 2.75) is 65.7 Å². The molecule has 102 valence electrons. The molecule has 0 heteroatoms. The average Bonchev–Trinajstić information content (AvgIpc) is 2.27. The third-order valence-corrected chi connectivity index (χ3v) is 5.98. The van der Waals surface area contributed by atoms with Crippen LogP contribution in [0.1, 0.15) is 65.7 Å². The summed E-state index contributed by atoms with van der Waals surface area (Å²) in [5.41, 5.74) is 2.55. The molecule has 0 aliphatic heterocycles. The molecular weight excluding hydrogens is 216 g/mol. The van der Waals surface area contributed by atoms with Crippen molar-refractivity contribution >= 4 is 0 Å². The molecule has 2 rings (SSSR count). The Kier molecular flexibility index (Phi) is 3.76. The maximum absolute atomic E-state index is 4.40. The van der Waals surface area contributed by atoms with E-state index in [0.717, 1.165) is 18.3 Å². The van der Waals surface area contributed by atoms with Crippen LogP contribution in [0.5, 0.6) is 0 Å². The van der Waals surface area contributed by atoms with Gasteiger partial charge in [0.25, 0.3) is 0 Å². The van der Waals surface area contributed by atoms with E-state index in [4.69, 9.17) is 0 Å². The van der Waals surface area contributed by atoms with E-state index in [1.807, 2.05) is 0 Å². The Balaban J connectivity index is 2.27. The largest absolute Gasteiger partial charge is 0.103 e. The molecule has 0 unspecified atom stereocenters. The molecule has 18 heavy (non-hydrogen) atoms. The summed E-state index contributed by atoms with van der Waals surface area (Å²) in [5, 5.41) is 0. The normalized spacial score (nSPS) is 39.2. The van der Waals surface area contributed by atoms with Gasteiger partial charge in [0, 0.05) is 0 Å². The first-order chi connectivity index (χ1) is 8.42. The first-order valence-corrected chi connectivity index (χ1v) is 7.70. The second-order valence-electron chi connectivity index (χ2n) is 7.52. The van der Waals surface area contributed by atoms with Gasteiger partial charge in [-0.2, -0.15) is 0 Å². The molecule has 0 heterocycles. The summed E-state index contributed by atoms with van der Waals surface area (Å²) < 4.78 is 0. The Morgan fingerprint density at radius 1 is 1.28 bits per heavy atom. The first kappa shape index (κ1) is 13.9. The summed E-state index contributed by atoms with van der Waals surface area (Å²) >= 11 is 0. The van der Waals surface area contributed by atoms with E-state index in [1.165, 1.54) is 44.1 Å². The quantitative estimate of drug-likeness (QED) is 0.556. The Bertz CT molecular complexity index is 336. The van der Waals surface area contributed by atoms with Crippen molar-refractivity contribution in [1.82, 2.24) is 0 Å². The lowest BCUT2D eigenvalue weighted by Gasteiger charge is -2.58. The molecule has 0 aromatic carbocycles. The minimum atomic E-state index is 0.500. The SMILES string of the molecule is C=CCC[C@H]1C(=C)CC[C@H]2C(C)(C)CCC[C@]12C. The molecular formula is C18H30. The van der Waals surface area contributed by atoms with Gasteiger partial charge in [0.05, 0.1) is 0 Å². The zero-order valence-corrected chi connectivity index (χ0v) is 12.6. The third kappa shape index (κ3) is 2.19. The molecule has 3 atom stereocenters. The topological polar surface area (TPSA) is 0 Å². The lowest BCUT2D eigenvalue weighted by Crippen LogP contribution is -2.49. The minimum absolute atomic E-state index is 0.500. The van der Waals surface area contributed by atoms with E-state index in [1.54, 1.807) is 0 Å². The van der Waals surface area contributed by atoms with E-state index < -0.39 is 0 Å². The van der Waals surface area contributed by atoms with Crippen molar-refractivity contribution in [3.05, 3.63) is 24.8 Å². The van der Waals surface area contributed by atoms with Crippen LogP contribution in [0.15, 0.2) is 24.8 Å². The zero-order valence-electron chi connectivity index (χ0n) is 12.6. The number of hydrogen-bond acceptors (Lipinski definition) is 0.